The standard InChI is InChI=1S/C12H21N3/c1-10-2-4-11(5-3-10)6-13-7-12-8-14-15-9-12/h8-11,13H,2-7H2,1H3,(H,14,15). The van der Waals surface area contributed by atoms with Gasteiger partial charge in [0.15, 0.2) is 0 Å². The van der Waals surface area contributed by atoms with Gasteiger partial charge in [0.1, 0.15) is 0 Å². The molecule has 15 heavy (non-hydrogen) atoms. The van der Waals surface area contributed by atoms with Crippen LogP contribution in [0.15, 0.2) is 12.4 Å². The van der Waals surface area contributed by atoms with Gasteiger partial charge < -0.3 is 5.32 Å². The van der Waals surface area contributed by atoms with E-state index >= 15 is 0 Å². The van der Waals surface area contributed by atoms with Crippen molar-refractivity contribution >= 4 is 0 Å². The number of hydrogen-bond acceptors (Lipinski definition) is 2. The first-order valence-corrected chi connectivity index (χ1v) is 6.03. The smallest absolute Gasteiger partial charge is 0.0532 e. The second-order valence-corrected chi connectivity index (χ2v) is 4.86. The molecule has 1 saturated carbocycles. The van der Waals surface area contributed by atoms with Crippen molar-refractivity contribution in [1.82, 2.24) is 15.5 Å². The van der Waals surface area contributed by atoms with Crippen LogP contribution in [0.1, 0.15) is 38.2 Å². The Kier molecular flexibility index (Phi) is 3.78. The minimum atomic E-state index is 0.896. The van der Waals surface area contributed by atoms with Crippen molar-refractivity contribution < 1.29 is 0 Å². The highest BCUT2D eigenvalue weighted by atomic mass is 15.1. The number of aromatic amines is 1. The Bertz CT molecular complexity index is 260. The van der Waals surface area contributed by atoms with Gasteiger partial charge in [-0.2, -0.15) is 5.10 Å². The molecule has 84 valence electrons. The van der Waals surface area contributed by atoms with Gasteiger partial charge in [0.05, 0.1) is 6.20 Å². The molecule has 0 spiro atoms. The Morgan fingerprint density at radius 3 is 2.87 bits per heavy atom. The molecule has 0 amide bonds. The number of H-pyrrole nitrogens is 1. The van der Waals surface area contributed by atoms with Crippen LogP contribution >= 0.6 is 0 Å². The summed E-state index contributed by atoms with van der Waals surface area (Å²) in [7, 11) is 0. The van der Waals surface area contributed by atoms with Gasteiger partial charge in [-0.05, 0) is 31.2 Å². The normalized spacial score (nSPS) is 26.7. The summed E-state index contributed by atoms with van der Waals surface area (Å²) in [6, 6.07) is 0. The lowest BCUT2D eigenvalue weighted by molar-refractivity contribution is 0.281. The van der Waals surface area contributed by atoms with Gasteiger partial charge in [-0.15, -0.1) is 0 Å². The average Bonchev–Trinajstić information content (AvgIpc) is 2.74. The molecule has 0 unspecified atom stereocenters. The van der Waals surface area contributed by atoms with Gasteiger partial charge in [-0.3, -0.25) is 5.10 Å². The third-order valence-electron chi connectivity index (χ3n) is 3.45. The fraction of sp³-hybridized carbons (Fsp3) is 0.750. The van der Waals surface area contributed by atoms with Crippen LogP contribution in [0.5, 0.6) is 0 Å². The van der Waals surface area contributed by atoms with Gasteiger partial charge in [0.2, 0.25) is 0 Å². The molecule has 1 aromatic heterocycles. The summed E-state index contributed by atoms with van der Waals surface area (Å²) < 4.78 is 0. The molecule has 1 heterocycles. The first-order valence-electron chi connectivity index (χ1n) is 6.03. The lowest BCUT2D eigenvalue weighted by atomic mass is 9.83. The molecule has 3 nitrogen and oxygen atoms in total. The zero-order chi connectivity index (χ0) is 10.5. The molecular formula is C12H21N3. The van der Waals surface area contributed by atoms with Crippen LogP contribution in [-0.2, 0) is 6.54 Å². The van der Waals surface area contributed by atoms with Gasteiger partial charge >= 0.3 is 0 Å². The van der Waals surface area contributed by atoms with Crippen LogP contribution in [0, 0.1) is 11.8 Å². The molecule has 2 N–H and O–H groups in total. The monoisotopic (exact) mass is 207 g/mol. The third kappa shape index (κ3) is 3.34. The van der Waals surface area contributed by atoms with Gasteiger partial charge in [-0.25, -0.2) is 0 Å². The van der Waals surface area contributed by atoms with Gasteiger partial charge in [0, 0.05) is 18.3 Å². The largest absolute Gasteiger partial charge is 0.312 e. The lowest BCUT2D eigenvalue weighted by Gasteiger charge is -2.26. The predicted molar refractivity (Wildman–Crippen MR) is 61.4 cm³/mol. The number of hydrogen-bond donors (Lipinski definition) is 2. The maximum Gasteiger partial charge on any atom is 0.0532 e. The first-order chi connectivity index (χ1) is 7.34. The Hall–Kier alpha value is -0.830. The second kappa shape index (κ2) is 5.31. The maximum absolute atomic E-state index is 3.93. The van der Waals surface area contributed by atoms with Gasteiger partial charge in [0.25, 0.3) is 0 Å². The zero-order valence-electron chi connectivity index (χ0n) is 9.50. The summed E-state index contributed by atoms with van der Waals surface area (Å²) >= 11 is 0. The van der Waals surface area contributed by atoms with Crippen LogP contribution in [-0.4, -0.2) is 16.7 Å². The highest BCUT2D eigenvalue weighted by Gasteiger charge is 2.17. The summed E-state index contributed by atoms with van der Waals surface area (Å²) in [5.41, 5.74) is 1.25. The van der Waals surface area contributed by atoms with E-state index in [-0.39, 0.29) is 0 Å². The second-order valence-electron chi connectivity index (χ2n) is 4.86. The molecule has 0 bridgehead atoms. The molecule has 2 rings (SSSR count). The van der Waals surface area contributed by atoms with E-state index in [9.17, 15) is 0 Å². The average molecular weight is 207 g/mol. The van der Waals surface area contributed by atoms with Crippen LogP contribution in [0.25, 0.3) is 0 Å². The van der Waals surface area contributed by atoms with Crippen molar-refractivity contribution in [2.45, 2.75) is 39.2 Å². The van der Waals surface area contributed by atoms with Crippen molar-refractivity contribution in [3.63, 3.8) is 0 Å². The van der Waals surface area contributed by atoms with Crippen LogP contribution < -0.4 is 5.32 Å². The lowest BCUT2D eigenvalue weighted by Crippen LogP contribution is -2.25. The fourth-order valence-corrected chi connectivity index (χ4v) is 2.33. The number of nitrogens with one attached hydrogen (secondary N) is 2. The molecule has 1 aliphatic rings. The van der Waals surface area contributed by atoms with Gasteiger partial charge in [-0.1, -0.05) is 19.8 Å². The summed E-state index contributed by atoms with van der Waals surface area (Å²) in [6.45, 7) is 4.48. The number of aromatic nitrogens is 2. The Morgan fingerprint density at radius 1 is 1.40 bits per heavy atom. The topological polar surface area (TPSA) is 40.7 Å². The SMILES string of the molecule is CC1CCC(CNCc2cn[nH]c2)CC1. The molecule has 0 aliphatic heterocycles. The van der Waals surface area contributed by atoms with E-state index in [2.05, 4.69) is 22.4 Å². The molecule has 3 heteroatoms. The van der Waals surface area contributed by atoms with E-state index in [1.165, 1.54) is 31.2 Å². The van der Waals surface area contributed by atoms with E-state index < -0.39 is 0 Å². The molecule has 1 aliphatic carbocycles. The first kappa shape index (κ1) is 10.7. The summed E-state index contributed by atoms with van der Waals surface area (Å²) in [5, 5.41) is 10.3. The van der Waals surface area contributed by atoms with Crippen molar-refractivity contribution in [3.8, 4) is 0 Å². The van der Waals surface area contributed by atoms with E-state index in [4.69, 9.17) is 0 Å². The van der Waals surface area contributed by atoms with E-state index in [1.54, 1.807) is 0 Å². The zero-order valence-corrected chi connectivity index (χ0v) is 9.50. The number of rotatable bonds is 4. The van der Waals surface area contributed by atoms with Crippen LogP contribution in [0.2, 0.25) is 0 Å². The predicted octanol–water partition coefficient (Wildman–Crippen LogP) is 2.33. The highest BCUT2D eigenvalue weighted by molar-refractivity contribution is 5.01. The Morgan fingerprint density at radius 2 is 2.20 bits per heavy atom. The van der Waals surface area contributed by atoms with Crippen molar-refractivity contribution in [2.75, 3.05) is 6.54 Å². The summed E-state index contributed by atoms with van der Waals surface area (Å²) in [5.74, 6) is 1.85. The van der Waals surface area contributed by atoms with Crippen LogP contribution in [0.3, 0.4) is 0 Å². The minimum Gasteiger partial charge on any atom is -0.312 e. The Labute approximate surface area is 91.7 Å². The highest BCUT2D eigenvalue weighted by Crippen LogP contribution is 2.27. The molecule has 0 saturated heterocycles. The number of nitrogens with zero attached hydrogens (tertiary/aromatic N) is 1. The minimum absolute atomic E-state index is 0.896. The quantitative estimate of drug-likeness (QED) is 0.795. The molecule has 0 aromatic carbocycles. The van der Waals surface area contributed by atoms with Crippen LogP contribution in [0.4, 0.5) is 0 Å². The van der Waals surface area contributed by atoms with Crippen molar-refractivity contribution in [1.29, 1.82) is 0 Å². The van der Waals surface area contributed by atoms with E-state index in [1.807, 2.05) is 12.4 Å². The Balaban J connectivity index is 1.62. The van der Waals surface area contributed by atoms with Crippen molar-refractivity contribution in [2.24, 2.45) is 11.8 Å². The molecule has 0 radical (unpaired) electrons. The van der Waals surface area contributed by atoms with E-state index in [0.29, 0.717) is 0 Å². The molecule has 0 atom stereocenters. The molecular weight excluding hydrogens is 186 g/mol. The summed E-state index contributed by atoms with van der Waals surface area (Å²) in [6.07, 6.45) is 9.47. The molecule has 1 aromatic rings. The third-order valence-corrected chi connectivity index (χ3v) is 3.45. The fourth-order valence-electron chi connectivity index (χ4n) is 2.33. The van der Waals surface area contributed by atoms with E-state index in [0.717, 1.165) is 24.9 Å². The molecule has 1 fully saturated rings. The maximum atomic E-state index is 3.93. The van der Waals surface area contributed by atoms with Crippen molar-refractivity contribution in [3.05, 3.63) is 18.0 Å². The summed E-state index contributed by atoms with van der Waals surface area (Å²) in [4.78, 5) is 0.